The van der Waals surface area contributed by atoms with E-state index >= 15 is 0 Å². The van der Waals surface area contributed by atoms with Gasteiger partial charge < -0.3 is 14.2 Å². The van der Waals surface area contributed by atoms with E-state index in [0.717, 1.165) is 24.4 Å². The normalized spacial score (nSPS) is 16.7. The summed E-state index contributed by atoms with van der Waals surface area (Å²) in [6.07, 6.45) is 8.05. The van der Waals surface area contributed by atoms with Crippen LogP contribution in [0.5, 0.6) is 0 Å². The Balaban J connectivity index is 1.64. The molecule has 0 radical (unpaired) electrons. The van der Waals surface area contributed by atoms with Gasteiger partial charge in [-0.2, -0.15) is 0 Å². The van der Waals surface area contributed by atoms with Gasteiger partial charge in [0.15, 0.2) is 12.2 Å². The van der Waals surface area contributed by atoms with Gasteiger partial charge in [0.25, 0.3) is 5.91 Å². The molecule has 3 aromatic rings. The minimum Gasteiger partial charge on any atom is -0.438 e. The van der Waals surface area contributed by atoms with Gasteiger partial charge in [-0.25, -0.2) is 19.9 Å². The highest BCUT2D eigenvalue weighted by Gasteiger charge is 2.29. The summed E-state index contributed by atoms with van der Waals surface area (Å²) in [7, 11) is 3.88. The summed E-state index contributed by atoms with van der Waals surface area (Å²) in [6, 6.07) is 1.98. The summed E-state index contributed by atoms with van der Waals surface area (Å²) in [4.78, 5) is 38.5. The average molecular weight is 393 g/mol. The van der Waals surface area contributed by atoms with E-state index in [9.17, 15) is 4.79 Å². The molecule has 1 aliphatic heterocycles. The molecule has 1 amide bonds. The summed E-state index contributed by atoms with van der Waals surface area (Å²) < 4.78 is 5.30. The van der Waals surface area contributed by atoms with Gasteiger partial charge >= 0.3 is 0 Å². The monoisotopic (exact) mass is 393 g/mol. The first-order valence-corrected chi connectivity index (χ1v) is 9.55. The Morgan fingerprint density at radius 2 is 2.10 bits per heavy atom. The van der Waals surface area contributed by atoms with E-state index in [0.29, 0.717) is 36.1 Å². The molecule has 0 N–H and O–H groups in total. The number of piperidine rings is 1. The zero-order valence-corrected chi connectivity index (χ0v) is 16.7. The number of oxazole rings is 1. The summed E-state index contributed by atoms with van der Waals surface area (Å²) >= 11 is 0. The summed E-state index contributed by atoms with van der Waals surface area (Å²) in [5.74, 6) is 1.62. The van der Waals surface area contributed by atoms with Gasteiger partial charge in [-0.15, -0.1) is 0 Å². The van der Waals surface area contributed by atoms with Crippen molar-refractivity contribution in [1.82, 2.24) is 29.8 Å². The van der Waals surface area contributed by atoms with Crippen molar-refractivity contribution < 1.29 is 9.21 Å². The second-order valence-electron chi connectivity index (χ2n) is 7.32. The molecular weight excluding hydrogens is 370 g/mol. The number of anilines is 1. The first-order valence-electron chi connectivity index (χ1n) is 9.55. The minimum atomic E-state index is -0.124. The van der Waals surface area contributed by atoms with Crippen LogP contribution in [0.2, 0.25) is 0 Å². The number of amides is 1. The first-order chi connectivity index (χ1) is 14.0. The van der Waals surface area contributed by atoms with Crippen LogP contribution >= 0.6 is 0 Å². The largest absolute Gasteiger partial charge is 0.438 e. The van der Waals surface area contributed by atoms with Crippen LogP contribution in [0.25, 0.3) is 11.5 Å². The van der Waals surface area contributed by atoms with Crippen molar-refractivity contribution in [2.75, 3.05) is 32.1 Å². The van der Waals surface area contributed by atoms with Crippen LogP contribution in [0.3, 0.4) is 0 Å². The van der Waals surface area contributed by atoms with E-state index in [-0.39, 0.29) is 11.8 Å². The lowest BCUT2D eigenvalue weighted by Crippen LogP contribution is -2.39. The fraction of sp³-hybridized carbons (Fsp3) is 0.400. The predicted molar refractivity (Wildman–Crippen MR) is 107 cm³/mol. The van der Waals surface area contributed by atoms with Crippen molar-refractivity contribution in [2.45, 2.75) is 25.7 Å². The lowest BCUT2D eigenvalue weighted by atomic mass is 9.94. The molecule has 1 aliphatic rings. The summed E-state index contributed by atoms with van der Waals surface area (Å²) in [5.41, 5.74) is 2.13. The molecular formula is C20H23N7O2. The highest BCUT2D eigenvalue weighted by molar-refractivity contribution is 5.92. The second kappa shape index (κ2) is 7.94. The second-order valence-corrected chi connectivity index (χ2v) is 7.32. The van der Waals surface area contributed by atoms with Gasteiger partial charge in [0.05, 0.1) is 17.6 Å². The van der Waals surface area contributed by atoms with Gasteiger partial charge in [-0.3, -0.25) is 9.78 Å². The molecule has 0 aromatic carbocycles. The van der Waals surface area contributed by atoms with Crippen LogP contribution < -0.4 is 4.90 Å². The Bertz CT molecular complexity index is 1000. The lowest BCUT2D eigenvalue weighted by Gasteiger charge is -2.32. The standard InChI is InChI=1S/C20H23N7O2/c1-13-18(29-12-23-13)20(28)27-8-4-5-14(11-27)15-9-17(26(2)3)25-19(24-15)16-10-21-6-7-22-16/h6-7,9-10,12,14H,4-5,8,11H2,1-3H3/t14-/m1/s1. The van der Waals surface area contributed by atoms with Crippen molar-refractivity contribution in [3.8, 4) is 11.5 Å². The van der Waals surface area contributed by atoms with Crippen molar-refractivity contribution in [3.63, 3.8) is 0 Å². The highest BCUT2D eigenvalue weighted by Crippen LogP contribution is 2.30. The Hall–Kier alpha value is -3.36. The number of aromatic nitrogens is 5. The average Bonchev–Trinajstić information content (AvgIpc) is 3.19. The Morgan fingerprint density at radius 3 is 2.79 bits per heavy atom. The topological polar surface area (TPSA) is 101 Å². The quantitative estimate of drug-likeness (QED) is 0.666. The molecule has 1 atom stereocenters. The minimum absolute atomic E-state index is 0.105. The van der Waals surface area contributed by atoms with Crippen LogP contribution in [-0.4, -0.2) is 62.9 Å². The van der Waals surface area contributed by atoms with Crippen LogP contribution in [0.4, 0.5) is 5.82 Å². The number of hydrogen-bond donors (Lipinski definition) is 0. The number of aryl methyl sites for hydroxylation is 1. The molecule has 9 nitrogen and oxygen atoms in total. The van der Waals surface area contributed by atoms with E-state index in [1.54, 1.807) is 25.5 Å². The number of likely N-dealkylation sites (tertiary alicyclic amines) is 1. The number of nitrogens with zero attached hydrogens (tertiary/aromatic N) is 7. The molecule has 1 saturated heterocycles. The van der Waals surface area contributed by atoms with Gasteiger partial charge in [0, 0.05) is 51.6 Å². The van der Waals surface area contributed by atoms with Crippen molar-refractivity contribution in [2.24, 2.45) is 0 Å². The molecule has 4 rings (SSSR count). The number of rotatable bonds is 4. The van der Waals surface area contributed by atoms with Crippen LogP contribution in [0.15, 0.2) is 35.5 Å². The molecule has 0 aliphatic carbocycles. The van der Waals surface area contributed by atoms with Crippen molar-refractivity contribution in [3.05, 3.63) is 48.2 Å². The zero-order chi connectivity index (χ0) is 20.4. The molecule has 0 bridgehead atoms. The number of carbonyl (C=O) groups excluding carboxylic acids is 1. The molecule has 9 heteroatoms. The number of hydrogen-bond acceptors (Lipinski definition) is 8. The highest BCUT2D eigenvalue weighted by atomic mass is 16.3. The molecule has 1 fully saturated rings. The maximum atomic E-state index is 12.9. The third kappa shape index (κ3) is 3.94. The van der Waals surface area contributed by atoms with E-state index in [1.165, 1.54) is 6.39 Å². The summed E-state index contributed by atoms with van der Waals surface area (Å²) in [5, 5.41) is 0. The van der Waals surface area contributed by atoms with E-state index in [4.69, 9.17) is 9.40 Å². The maximum Gasteiger partial charge on any atom is 0.291 e. The third-order valence-electron chi connectivity index (χ3n) is 5.05. The molecule has 150 valence electrons. The fourth-order valence-electron chi connectivity index (χ4n) is 3.47. The van der Waals surface area contributed by atoms with Gasteiger partial charge in [0.2, 0.25) is 5.76 Å². The van der Waals surface area contributed by atoms with Crippen LogP contribution in [0, 0.1) is 6.92 Å². The SMILES string of the molecule is Cc1ncoc1C(=O)N1CCC[C@@H](c2cc(N(C)C)nc(-c3cnccn3)n2)C1. The fourth-order valence-corrected chi connectivity index (χ4v) is 3.47. The zero-order valence-electron chi connectivity index (χ0n) is 16.7. The lowest BCUT2D eigenvalue weighted by molar-refractivity contribution is 0.0672. The van der Waals surface area contributed by atoms with Gasteiger partial charge in [-0.05, 0) is 19.8 Å². The van der Waals surface area contributed by atoms with Crippen LogP contribution in [-0.2, 0) is 0 Å². The van der Waals surface area contributed by atoms with Gasteiger partial charge in [-0.1, -0.05) is 0 Å². The Morgan fingerprint density at radius 1 is 1.24 bits per heavy atom. The predicted octanol–water partition coefficient (Wildman–Crippen LogP) is 2.32. The van der Waals surface area contributed by atoms with Crippen molar-refractivity contribution >= 4 is 11.7 Å². The Kier molecular flexibility index (Phi) is 5.20. The number of carbonyl (C=O) groups is 1. The van der Waals surface area contributed by atoms with Crippen molar-refractivity contribution in [1.29, 1.82) is 0 Å². The molecule has 3 aromatic heterocycles. The molecule has 4 heterocycles. The van der Waals surface area contributed by atoms with E-state index in [1.807, 2.05) is 30.0 Å². The smallest absolute Gasteiger partial charge is 0.291 e. The molecule has 0 unspecified atom stereocenters. The third-order valence-corrected chi connectivity index (χ3v) is 5.05. The van der Waals surface area contributed by atoms with E-state index in [2.05, 4.69) is 19.9 Å². The molecule has 0 spiro atoms. The van der Waals surface area contributed by atoms with E-state index < -0.39 is 0 Å². The summed E-state index contributed by atoms with van der Waals surface area (Å²) in [6.45, 7) is 3.04. The van der Waals surface area contributed by atoms with Gasteiger partial charge in [0.1, 0.15) is 11.5 Å². The first kappa shape index (κ1) is 19.0. The Labute approximate surface area is 168 Å². The molecule has 29 heavy (non-hydrogen) atoms. The van der Waals surface area contributed by atoms with Crippen LogP contribution in [0.1, 0.15) is 40.7 Å². The maximum absolute atomic E-state index is 12.9. The molecule has 0 saturated carbocycles.